The van der Waals surface area contributed by atoms with Gasteiger partial charge in [0.05, 0.1) is 34.5 Å². The molecule has 2 aromatic carbocycles. The summed E-state index contributed by atoms with van der Waals surface area (Å²) in [6.45, 7) is 1.16. The molecule has 0 saturated carbocycles. The van der Waals surface area contributed by atoms with Crippen molar-refractivity contribution in [2.75, 3.05) is 25.5 Å². The number of ether oxygens (including phenoxy) is 1. The molecule has 1 aliphatic rings. The molecule has 8 nitrogen and oxygen atoms in total. The predicted molar refractivity (Wildman–Crippen MR) is 111 cm³/mol. The number of para-hydroxylation sites is 1. The highest BCUT2D eigenvalue weighted by molar-refractivity contribution is 7.18. The summed E-state index contributed by atoms with van der Waals surface area (Å²) in [6.07, 6.45) is 2.02. The highest BCUT2D eigenvalue weighted by Gasteiger charge is 2.34. The van der Waals surface area contributed by atoms with Crippen LogP contribution in [0.15, 0.2) is 42.5 Å². The number of hydrogen-bond acceptors (Lipinski definition) is 6. The highest BCUT2D eigenvalue weighted by Crippen LogP contribution is 2.30. The summed E-state index contributed by atoms with van der Waals surface area (Å²) in [6, 6.07) is 12.4. The zero-order valence-corrected chi connectivity index (χ0v) is 16.7. The van der Waals surface area contributed by atoms with Crippen molar-refractivity contribution < 1.29 is 19.4 Å². The van der Waals surface area contributed by atoms with Crippen molar-refractivity contribution in [1.82, 2.24) is 4.98 Å². The van der Waals surface area contributed by atoms with Crippen LogP contribution in [-0.4, -0.2) is 36.0 Å². The zero-order chi connectivity index (χ0) is 20.4. The molecule has 29 heavy (non-hydrogen) atoms. The molecule has 1 fully saturated rings. The Labute approximate surface area is 171 Å². The maximum atomic E-state index is 12.7. The number of non-ortho nitro benzene ring substituents is 1. The first-order valence-corrected chi connectivity index (χ1v) is 10.2. The van der Waals surface area contributed by atoms with Crippen LogP contribution >= 0.6 is 11.3 Å². The molecule has 1 unspecified atom stereocenters. The number of quaternary nitrogens is 1. The van der Waals surface area contributed by atoms with Crippen molar-refractivity contribution in [3.05, 3.63) is 57.6 Å². The van der Waals surface area contributed by atoms with E-state index in [-0.39, 0.29) is 24.2 Å². The molecule has 1 aromatic heterocycles. The fraction of sp³-hybridized carbons (Fsp3) is 0.300. The summed E-state index contributed by atoms with van der Waals surface area (Å²) in [4.78, 5) is 29.2. The molecule has 9 heteroatoms. The number of likely N-dealkylation sites (tertiary alicyclic amines) is 1. The zero-order valence-electron chi connectivity index (χ0n) is 15.9. The van der Waals surface area contributed by atoms with Crippen molar-refractivity contribution in [2.45, 2.75) is 18.9 Å². The number of anilines is 1. The van der Waals surface area contributed by atoms with E-state index in [1.165, 1.54) is 25.3 Å². The number of amides is 1. The smallest absolute Gasteiger partial charge is 0.279 e. The Balaban J connectivity index is 1.49. The van der Waals surface area contributed by atoms with Gasteiger partial charge in [0.15, 0.2) is 11.6 Å². The number of aromatic nitrogens is 1. The molecule has 2 atom stereocenters. The van der Waals surface area contributed by atoms with Crippen molar-refractivity contribution in [2.24, 2.45) is 0 Å². The normalized spacial score (nSPS) is 18.7. The van der Waals surface area contributed by atoms with Gasteiger partial charge in [-0.1, -0.05) is 12.1 Å². The van der Waals surface area contributed by atoms with Gasteiger partial charge in [0.2, 0.25) is 0 Å². The number of rotatable bonds is 6. The van der Waals surface area contributed by atoms with Crippen molar-refractivity contribution >= 4 is 38.8 Å². The van der Waals surface area contributed by atoms with E-state index in [4.69, 9.17) is 9.72 Å². The lowest BCUT2D eigenvalue weighted by atomic mass is 10.2. The molecule has 2 N–H and O–H groups in total. The van der Waals surface area contributed by atoms with Crippen molar-refractivity contribution in [3.63, 3.8) is 0 Å². The van der Waals surface area contributed by atoms with E-state index in [0.717, 1.165) is 39.5 Å². The summed E-state index contributed by atoms with van der Waals surface area (Å²) in [5.41, 5.74) is 1.20. The SMILES string of the molecule is COc1ccc([N+](=O)[O-])cc1NC(=O)C[NH+]1CCC[C@H]1c1nc2ccccc2s1. The summed E-state index contributed by atoms with van der Waals surface area (Å²) in [7, 11) is 1.46. The summed E-state index contributed by atoms with van der Waals surface area (Å²) in [5.74, 6) is 0.190. The fourth-order valence-corrected chi connectivity index (χ4v) is 4.93. The Kier molecular flexibility index (Phi) is 5.41. The van der Waals surface area contributed by atoms with Crippen LogP contribution in [0.3, 0.4) is 0 Å². The second-order valence-corrected chi connectivity index (χ2v) is 8.05. The van der Waals surface area contributed by atoms with Gasteiger partial charge in [0, 0.05) is 25.0 Å². The van der Waals surface area contributed by atoms with Crippen LogP contribution in [0.4, 0.5) is 11.4 Å². The Hall–Kier alpha value is -3.04. The van der Waals surface area contributed by atoms with Gasteiger partial charge < -0.3 is 15.0 Å². The predicted octanol–water partition coefficient (Wildman–Crippen LogP) is 2.57. The molecule has 0 aliphatic carbocycles. The molecule has 0 bridgehead atoms. The van der Waals surface area contributed by atoms with Gasteiger partial charge in [-0.3, -0.25) is 14.9 Å². The third-order valence-electron chi connectivity index (χ3n) is 5.15. The van der Waals surface area contributed by atoms with Gasteiger partial charge in [-0.15, -0.1) is 11.3 Å². The Morgan fingerprint density at radius 1 is 1.38 bits per heavy atom. The molecular formula is C20H21N4O4S+. The maximum Gasteiger partial charge on any atom is 0.279 e. The van der Waals surface area contributed by atoms with Crippen LogP contribution in [0.25, 0.3) is 10.2 Å². The minimum absolute atomic E-state index is 0.0954. The van der Waals surface area contributed by atoms with E-state index >= 15 is 0 Å². The number of methoxy groups -OCH3 is 1. The number of thiazole rings is 1. The molecule has 1 aliphatic heterocycles. The number of hydrogen-bond donors (Lipinski definition) is 2. The highest BCUT2D eigenvalue weighted by atomic mass is 32.1. The topological polar surface area (TPSA) is 98.8 Å². The second-order valence-electron chi connectivity index (χ2n) is 6.99. The number of nitro benzene ring substituents is 1. The number of fused-ring (bicyclic) bond motifs is 1. The van der Waals surface area contributed by atoms with Gasteiger partial charge in [-0.2, -0.15) is 0 Å². The van der Waals surface area contributed by atoms with Crippen LogP contribution in [0.5, 0.6) is 5.75 Å². The number of nitrogens with zero attached hydrogens (tertiary/aromatic N) is 2. The molecule has 2 heterocycles. The van der Waals surface area contributed by atoms with Gasteiger partial charge >= 0.3 is 0 Å². The number of carbonyl (C=O) groups is 1. The average Bonchev–Trinajstić information content (AvgIpc) is 3.33. The van der Waals surface area contributed by atoms with E-state index in [0.29, 0.717) is 11.4 Å². The quantitative estimate of drug-likeness (QED) is 0.478. The summed E-state index contributed by atoms with van der Waals surface area (Å²) >= 11 is 1.68. The first-order chi connectivity index (χ1) is 14.0. The van der Waals surface area contributed by atoms with Gasteiger partial charge in [0.1, 0.15) is 11.8 Å². The molecule has 1 saturated heterocycles. The van der Waals surface area contributed by atoms with Crippen LogP contribution in [0.2, 0.25) is 0 Å². The third-order valence-corrected chi connectivity index (χ3v) is 6.30. The molecular weight excluding hydrogens is 392 g/mol. The van der Waals surface area contributed by atoms with E-state index in [1.54, 1.807) is 11.3 Å². The molecule has 0 spiro atoms. The number of benzene rings is 2. The van der Waals surface area contributed by atoms with Gasteiger partial charge in [0.25, 0.3) is 11.6 Å². The minimum atomic E-state index is -0.496. The van der Waals surface area contributed by atoms with Crippen LogP contribution in [0.1, 0.15) is 23.9 Å². The Bertz CT molecular complexity index is 1030. The molecule has 0 radical (unpaired) electrons. The average molecular weight is 413 g/mol. The standard InChI is InChI=1S/C20H20N4O4S/c1-28-17-9-8-13(24(26)27)11-15(17)21-19(25)12-23-10-4-6-16(23)20-22-14-5-2-3-7-18(14)29-20/h2-3,5,7-9,11,16H,4,6,10,12H2,1H3,(H,21,25)/p+1/t16-/m0/s1. The van der Waals surface area contributed by atoms with Gasteiger partial charge in [-0.05, 0) is 18.2 Å². The number of nitrogens with one attached hydrogen (secondary N) is 2. The molecule has 150 valence electrons. The van der Waals surface area contributed by atoms with E-state index < -0.39 is 4.92 Å². The molecule has 4 rings (SSSR count). The van der Waals surface area contributed by atoms with E-state index in [1.807, 2.05) is 18.2 Å². The fourth-order valence-electron chi connectivity index (χ4n) is 3.77. The van der Waals surface area contributed by atoms with E-state index in [2.05, 4.69) is 11.4 Å². The first kappa shape index (κ1) is 19.3. The van der Waals surface area contributed by atoms with Crippen LogP contribution < -0.4 is 15.0 Å². The van der Waals surface area contributed by atoms with E-state index in [9.17, 15) is 14.9 Å². The lowest BCUT2D eigenvalue weighted by molar-refractivity contribution is -0.910. The second kappa shape index (κ2) is 8.14. The number of nitro groups is 1. The summed E-state index contributed by atoms with van der Waals surface area (Å²) in [5, 5.41) is 14.9. The van der Waals surface area contributed by atoms with Crippen molar-refractivity contribution in [3.8, 4) is 5.75 Å². The van der Waals surface area contributed by atoms with Crippen LogP contribution in [0, 0.1) is 10.1 Å². The Morgan fingerprint density at radius 2 is 2.21 bits per heavy atom. The first-order valence-electron chi connectivity index (χ1n) is 9.37. The van der Waals surface area contributed by atoms with Gasteiger partial charge in [-0.25, -0.2) is 4.98 Å². The summed E-state index contributed by atoms with van der Waals surface area (Å²) < 4.78 is 6.37. The molecule has 3 aromatic rings. The monoisotopic (exact) mass is 413 g/mol. The van der Waals surface area contributed by atoms with Crippen LogP contribution in [-0.2, 0) is 4.79 Å². The lowest BCUT2D eigenvalue weighted by Gasteiger charge is -2.19. The largest absolute Gasteiger partial charge is 0.495 e. The number of carbonyl (C=O) groups excluding carboxylic acids is 1. The van der Waals surface area contributed by atoms with Crippen molar-refractivity contribution in [1.29, 1.82) is 0 Å². The Morgan fingerprint density at radius 3 is 2.97 bits per heavy atom. The lowest BCUT2D eigenvalue weighted by Crippen LogP contribution is -3.11. The molecule has 1 amide bonds. The maximum absolute atomic E-state index is 12.7. The minimum Gasteiger partial charge on any atom is -0.495 e. The third kappa shape index (κ3) is 4.06.